The minimum absolute atomic E-state index is 0.440. The van der Waals surface area contributed by atoms with Crippen molar-refractivity contribution in [1.29, 1.82) is 0 Å². The minimum Gasteiger partial charge on any atom is -0.459 e. The van der Waals surface area contributed by atoms with Gasteiger partial charge in [-0.25, -0.2) is 0 Å². The Morgan fingerprint density at radius 3 is 2.85 bits per heavy atom. The van der Waals surface area contributed by atoms with Gasteiger partial charge in [-0.05, 0) is 25.5 Å². The Bertz CT molecular complexity index is 555. The summed E-state index contributed by atoms with van der Waals surface area (Å²) in [5.74, 6) is 1.02. The van der Waals surface area contributed by atoms with Crippen molar-refractivity contribution in [3.05, 3.63) is 35.6 Å². The fraction of sp³-hybridized carbons (Fsp3) is 0.529. The Labute approximate surface area is 120 Å². The first-order chi connectivity index (χ1) is 9.88. The van der Waals surface area contributed by atoms with Crippen molar-refractivity contribution in [1.82, 2.24) is 5.32 Å². The van der Waals surface area contributed by atoms with E-state index in [4.69, 9.17) is 9.15 Å². The molecule has 2 aromatic rings. The van der Waals surface area contributed by atoms with Crippen LogP contribution in [0.15, 0.2) is 28.7 Å². The van der Waals surface area contributed by atoms with Crippen molar-refractivity contribution in [3.8, 4) is 0 Å². The number of nitrogens with one attached hydrogen (secondary N) is 1. The third-order valence-electron chi connectivity index (χ3n) is 4.08. The van der Waals surface area contributed by atoms with E-state index in [0.29, 0.717) is 12.7 Å². The predicted molar refractivity (Wildman–Crippen MR) is 80.6 cm³/mol. The third kappa shape index (κ3) is 2.89. The van der Waals surface area contributed by atoms with Crippen LogP contribution in [0.2, 0.25) is 0 Å². The van der Waals surface area contributed by atoms with Gasteiger partial charge in [0.15, 0.2) is 0 Å². The summed E-state index contributed by atoms with van der Waals surface area (Å²) in [5.41, 5.74) is 2.18. The number of benzene rings is 1. The van der Waals surface area contributed by atoms with Gasteiger partial charge < -0.3 is 14.5 Å². The quantitative estimate of drug-likeness (QED) is 0.863. The van der Waals surface area contributed by atoms with Gasteiger partial charge in [0, 0.05) is 10.9 Å². The number of furan rings is 1. The first kappa shape index (κ1) is 13.7. The number of para-hydroxylation sites is 1. The molecule has 0 atom stereocenters. The second-order valence-electron chi connectivity index (χ2n) is 5.50. The van der Waals surface area contributed by atoms with Crippen molar-refractivity contribution < 1.29 is 9.15 Å². The summed E-state index contributed by atoms with van der Waals surface area (Å²) in [5, 5.41) is 4.54. The number of fused-ring (bicyclic) bond motifs is 1. The van der Waals surface area contributed by atoms with E-state index in [1.807, 2.05) is 12.1 Å². The molecular weight excluding hydrogens is 250 g/mol. The summed E-state index contributed by atoms with van der Waals surface area (Å²) in [7, 11) is 0. The Morgan fingerprint density at radius 2 is 2.05 bits per heavy atom. The molecule has 1 N–H and O–H groups in total. The summed E-state index contributed by atoms with van der Waals surface area (Å²) in [6.07, 6.45) is 5.47. The third-order valence-corrected chi connectivity index (χ3v) is 4.08. The van der Waals surface area contributed by atoms with E-state index < -0.39 is 0 Å². The molecule has 3 rings (SSSR count). The van der Waals surface area contributed by atoms with Crippen LogP contribution in [0.1, 0.15) is 43.9 Å². The van der Waals surface area contributed by atoms with Crippen molar-refractivity contribution in [2.45, 2.75) is 51.9 Å². The number of rotatable bonds is 6. The largest absolute Gasteiger partial charge is 0.459 e. The zero-order chi connectivity index (χ0) is 13.8. The second kappa shape index (κ2) is 6.42. The average molecular weight is 273 g/mol. The van der Waals surface area contributed by atoms with Gasteiger partial charge in [-0.2, -0.15) is 0 Å². The highest BCUT2D eigenvalue weighted by Crippen LogP contribution is 2.29. The molecule has 1 aromatic heterocycles. The normalized spacial score (nSPS) is 16.2. The molecule has 0 spiro atoms. The van der Waals surface area contributed by atoms with Crippen LogP contribution >= 0.6 is 0 Å². The van der Waals surface area contributed by atoms with Gasteiger partial charge in [0.25, 0.3) is 0 Å². The first-order valence-corrected chi connectivity index (χ1v) is 7.70. The monoisotopic (exact) mass is 273 g/mol. The number of hydrogen-bond acceptors (Lipinski definition) is 3. The molecule has 1 aromatic carbocycles. The average Bonchev–Trinajstić information content (AvgIpc) is 3.10. The highest BCUT2D eigenvalue weighted by Gasteiger charge is 2.18. The topological polar surface area (TPSA) is 34.4 Å². The molecule has 0 unspecified atom stereocenters. The van der Waals surface area contributed by atoms with Gasteiger partial charge in [-0.3, -0.25) is 0 Å². The van der Waals surface area contributed by atoms with Crippen molar-refractivity contribution in [2.75, 3.05) is 6.54 Å². The van der Waals surface area contributed by atoms with Crippen molar-refractivity contribution in [3.63, 3.8) is 0 Å². The Morgan fingerprint density at radius 1 is 1.25 bits per heavy atom. The molecule has 0 bridgehead atoms. The molecule has 0 radical (unpaired) electrons. The number of ether oxygens (including phenoxy) is 1. The molecule has 1 saturated carbocycles. The maximum Gasteiger partial charge on any atom is 0.134 e. The van der Waals surface area contributed by atoms with Crippen molar-refractivity contribution in [2.24, 2.45) is 0 Å². The van der Waals surface area contributed by atoms with Crippen molar-refractivity contribution >= 4 is 11.0 Å². The summed E-state index contributed by atoms with van der Waals surface area (Å²) < 4.78 is 12.1. The molecule has 1 fully saturated rings. The van der Waals surface area contributed by atoms with E-state index in [1.165, 1.54) is 36.6 Å². The SMILES string of the molecule is CCNCc1oc2ccccc2c1COC1CCCC1. The van der Waals surface area contributed by atoms with E-state index in [2.05, 4.69) is 24.4 Å². The molecule has 0 aliphatic heterocycles. The van der Waals surface area contributed by atoms with E-state index in [-0.39, 0.29) is 0 Å². The van der Waals surface area contributed by atoms with Crippen LogP contribution in [-0.4, -0.2) is 12.6 Å². The van der Waals surface area contributed by atoms with Gasteiger partial charge in [-0.1, -0.05) is 38.0 Å². The Hall–Kier alpha value is -1.32. The van der Waals surface area contributed by atoms with Crippen LogP contribution in [0.4, 0.5) is 0 Å². The highest BCUT2D eigenvalue weighted by molar-refractivity contribution is 5.82. The fourth-order valence-electron chi connectivity index (χ4n) is 2.95. The molecule has 108 valence electrons. The van der Waals surface area contributed by atoms with Gasteiger partial charge in [0.2, 0.25) is 0 Å². The van der Waals surface area contributed by atoms with E-state index in [9.17, 15) is 0 Å². The Kier molecular flexibility index (Phi) is 4.38. The molecule has 0 saturated heterocycles. The molecular formula is C17H23NO2. The molecule has 1 aliphatic rings. The van der Waals surface area contributed by atoms with Crippen LogP contribution < -0.4 is 5.32 Å². The lowest BCUT2D eigenvalue weighted by atomic mass is 10.1. The van der Waals surface area contributed by atoms with E-state index in [0.717, 1.165) is 24.4 Å². The molecule has 3 nitrogen and oxygen atoms in total. The Balaban J connectivity index is 1.81. The van der Waals surface area contributed by atoms with Gasteiger partial charge in [-0.15, -0.1) is 0 Å². The van der Waals surface area contributed by atoms with Crippen LogP contribution in [0.25, 0.3) is 11.0 Å². The van der Waals surface area contributed by atoms with E-state index in [1.54, 1.807) is 0 Å². The van der Waals surface area contributed by atoms with E-state index >= 15 is 0 Å². The van der Waals surface area contributed by atoms with Crippen LogP contribution in [0.5, 0.6) is 0 Å². The lowest BCUT2D eigenvalue weighted by Crippen LogP contribution is -2.13. The first-order valence-electron chi connectivity index (χ1n) is 7.70. The fourth-order valence-corrected chi connectivity index (χ4v) is 2.95. The van der Waals surface area contributed by atoms with Gasteiger partial charge >= 0.3 is 0 Å². The molecule has 0 amide bonds. The molecule has 3 heteroatoms. The molecule has 1 heterocycles. The zero-order valence-corrected chi connectivity index (χ0v) is 12.2. The lowest BCUT2D eigenvalue weighted by molar-refractivity contribution is 0.0454. The summed E-state index contributed by atoms with van der Waals surface area (Å²) >= 11 is 0. The molecule has 1 aliphatic carbocycles. The zero-order valence-electron chi connectivity index (χ0n) is 12.2. The van der Waals surface area contributed by atoms with Gasteiger partial charge in [0.1, 0.15) is 11.3 Å². The lowest BCUT2D eigenvalue weighted by Gasteiger charge is -2.11. The maximum absolute atomic E-state index is 6.09. The minimum atomic E-state index is 0.440. The van der Waals surface area contributed by atoms with Crippen LogP contribution in [0.3, 0.4) is 0 Å². The number of hydrogen-bond donors (Lipinski definition) is 1. The van der Waals surface area contributed by atoms with Crippen LogP contribution in [-0.2, 0) is 17.9 Å². The highest BCUT2D eigenvalue weighted by atomic mass is 16.5. The predicted octanol–water partition coefficient (Wildman–Crippen LogP) is 4.00. The molecule has 20 heavy (non-hydrogen) atoms. The summed E-state index contributed by atoms with van der Waals surface area (Å²) in [6, 6.07) is 8.24. The summed E-state index contributed by atoms with van der Waals surface area (Å²) in [4.78, 5) is 0. The smallest absolute Gasteiger partial charge is 0.134 e. The maximum atomic E-state index is 6.09. The van der Waals surface area contributed by atoms with Crippen LogP contribution in [0, 0.1) is 0 Å². The van der Waals surface area contributed by atoms with Gasteiger partial charge in [0.05, 0.1) is 19.3 Å². The second-order valence-corrected chi connectivity index (χ2v) is 5.50. The standard InChI is InChI=1S/C17H23NO2/c1-2-18-11-17-15(12-19-13-7-3-4-8-13)14-9-5-6-10-16(14)20-17/h5-6,9-10,13,18H,2-4,7-8,11-12H2,1H3. The summed E-state index contributed by atoms with van der Waals surface area (Å²) in [6.45, 7) is 4.49.